The Morgan fingerprint density at radius 1 is 1.31 bits per heavy atom. The van der Waals surface area contributed by atoms with E-state index in [9.17, 15) is 0 Å². The van der Waals surface area contributed by atoms with Gasteiger partial charge in [0.05, 0.1) is 11.2 Å². The van der Waals surface area contributed by atoms with E-state index in [1.165, 1.54) is 0 Å². The Morgan fingerprint density at radius 2 is 2.15 bits per heavy atom. The second-order valence-electron chi connectivity index (χ2n) is 2.76. The van der Waals surface area contributed by atoms with E-state index in [1.807, 2.05) is 30.5 Å². The van der Waals surface area contributed by atoms with Crippen molar-refractivity contribution in [3.63, 3.8) is 0 Å². The van der Waals surface area contributed by atoms with Crippen molar-refractivity contribution in [3.05, 3.63) is 30.5 Å². The summed E-state index contributed by atoms with van der Waals surface area (Å²) >= 11 is 1.65. The highest BCUT2D eigenvalue weighted by Crippen LogP contribution is 2.28. The average Bonchev–Trinajstić information content (AvgIpc) is 2.19. The molecule has 2 N–H and O–H groups in total. The second-order valence-corrected chi connectivity index (χ2v) is 3.60. The lowest BCUT2D eigenvalue weighted by atomic mass is 10.2. The lowest BCUT2D eigenvalue weighted by Crippen LogP contribution is -1.91. The Labute approximate surface area is 81.2 Å². The summed E-state index contributed by atoms with van der Waals surface area (Å²) in [6.45, 7) is 0. The Kier molecular flexibility index (Phi) is 2.10. The van der Waals surface area contributed by atoms with Crippen LogP contribution in [-0.2, 0) is 0 Å². The first kappa shape index (κ1) is 8.38. The fourth-order valence-electron chi connectivity index (χ4n) is 1.33. The molecule has 13 heavy (non-hydrogen) atoms. The van der Waals surface area contributed by atoms with Gasteiger partial charge in [0.1, 0.15) is 0 Å². The molecular weight excluding hydrogens is 180 g/mol. The number of fused-ring (bicyclic) bond motifs is 1. The summed E-state index contributed by atoms with van der Waals surface area (Å²) in [4.78, 5) is 5.34. The van der Waals surface area contributed by atoms with Gasteiger partial charge in [-0.2, -0.15) is 0 Å². The lowest BCUT2D eigenvalue weighted by molar-refractivity contribution is 1.38. The molecule has 2 nitrogen and oxygen atoms in total. The van der Waals surface area contributed by atoms with Gasteiger partial charge in [-0.1, -0.05) is 12.1 Å². The average molecular weight is 190 g/mol. The van der Waals surface area contributed by atoms with Crippen molar-refractivity contribution in [2.75, 3.05) is 12.0 Å². The molecular formula is C10H10N2S. The maximum absolute atomic E-state index is 5.95. The third-order valence-corrected chi connectivity index (χ3v) is 2.79. The zero-order valence-corrected chi connectivity index (χ0v) is 8.14. The monoisotopic (exact) mass is 190 g/mol. The van der Waals surface area contributed by atoms with E-state index in [0.29, 0.717) is 0 Å². The molecule has 1 aromatic carbocycles. The third kappa shape index (κ3) is 1.35. The number of hydrogen-bond donors (Lipinski definition) is 1. The number of anilines is 1. The molecule has 0 aliphatic heterocycles. The van der Waals surface area contributed by atoms with Crippen molar-refractivity contribution in [2.45, 2.75) is 4.90 Å². The number of nitrogens with two attached hydrogens (primary N) is 1. The van der Waals surface area contributed by atoms with E-state index in [-0.39, 0.29) is 0 Å². The number of aromatic nitrogens is 1. The molecule has 0 amide bonds. The molecule has 0 saturated heterocycles. The molecule has 0 saturated carbocycles. The summed E-state index contributed by atoms with van der Waals surface area (Å²) in [5.41, 5.74) is 7.63. The van der Waals surface area contributed by atoms with Crippen LogP contribution in [-0.4, -0.2) is 11.2 Å². The van der Waals surface area contributed by atoms with E-state index in [1.54, 1.807) is 18.0 Å². The maximum Gasteiger partial charge on any atom is 0.0942 e. The van der Waals surface area contributed by atoms with E-state index in [0.717, 1.165) is 21.5 Å². The van der Waals surface area contributed by atoms with Crippen molar-refractivity contribution in [2.24, 2.45) is 0 Å². The molecule has 2 aromatic rings. The van der Waals surface area contributed by atoms with Crippen LogP contribution in [0.15, 0.2) is 35.4 Å². The fourth-order valence-corrected chi connectivity index (χ4v) is 1.85. The number of benzene rings is 1. The molecule has 2 rings (SSSR count). The Balaban J connectivity index is 2.79. The third-order valence-electron chi connectivity index (χ3n) is 1.99. The number of thioether (sulfide) groups is 1. The molecule has 0 atom stereocenters. The fraction of sp³-hybridized carbons (Fsp3) is 0.100. The normalized spacial score (nSPS) is 10.5. The molecule has 1 heterocycles. The molecule has 0 bridgehead atoms. The van der Waals surface area contributed by atoms with Crippen LogP contribution in [0.1, 0.15) is 0 Å². The van der Waals surface area contributed by atoms with Gasteiger partial charge >= 0.3 is 0 Å². The van der Waals surface area contributed by atoms with Gasteiger partial charge in [0, 0.05) is 16.5 Å². The minimum absolute atomic E-state index is 0.783. The van der Waals surface area contributed by atoms with Gasteiger partial charge in [-0.05, 0) is 18.4 Å². The summed E-state index contributed by atoms with van der Waals surface area (Å²) in [6.07, 6.45) is 3.78. The number of nitrogen functional groups attached to an aromatic ring is 1. The Hall–Kier alpha value is -1.22. The SMILES string of the molecule is CSc1ccc2cccnc2c1N. The molecule has 66 valence electrons. The van der Waals surface area contributed by atoms with Gasteiger partial charge < -0.3 is 5.73 Å². The van der Waals surface area contributed by atoms with Crippen molar-refractivity contribution in [1.82, 2.24) is 4.98 Å². The minimum Gasteiger partial charge on any atom is -0.396 e. The van der Waals surface area contributed by atoms with Crippen LogP contribution in [0.5, 0.6) is 0 Å². The standard InChI is InChI=1S/C10H10N2S/c1-13-8-5-4-7-3-2-6-12-10(7)9(8)11/h2-6H,11H2,1H3. The number of nitrogens with zero attached hydrogens (tertiary/aromatic N) is 1. The first-order valence-corrected chi connectivity index (χ1v) is 5.22. The topological polar surface area (TPSA) is 38.9 Å². The van der Waals surface area contributed by atoms with Crippen LogP contribution in [0, 0.1) is 0 Å². The van der Waals surface area contributed by atoms with Crippen LogP contribution in [0.3, 0.4) is 0 Å². The minimum atomic E-state index is 0.783. The van der Waals surface area contributed by atoms with Crippen molar-refractivity contribution in [1.29, 1.82) is 0 Å². The summed E-state index contributed by atoms with van der Waals surface area (Å²) in [6, 6.07) is 8.01. The zero-order valence-electron chi connectivity index (χ0n) is 7.32. The summed E-state index contributed by atoms with van der Waals surface area (Å²) in [5.74, 6) is 0. The molecule has 0 fully saturated rings. The smallest absolute Gasteiger partial charge is 0.0942 e. The summed E-state index contributed by atoms with van der Waals surface area (Å²) in [7, 11) is 0. The molecule has 0 spiro atoms. The maximum atomic E-state index is 5.95. The summed E-state index contributed by atoms with van der Waals surface area (Å²) in [5, 5.41) is 1.10. The van der Waals surface area contributed by atoms with Gasteiger partial charge in [-0.3, -0.25) is 4.98 Å². The van der Waals surface area contributed by atoms with Crippen molar-refractivity contribution in [3.8, 4) is 0 Å². The number of rotatable bonds is 1. The first-order valence-electron chi connectivity index (χ1n) is 4.00. The van der Waals surface area contributed by atoms with E-state index < -0.39 is 0 Å². The number of pyridine rings is 1. The molecule has 0 aliphatic carbocycles. The van der Waals surface area contributed by atoms with Crippen molar-refractivity contribution < 1.29 is 0 Å². The zero-order chi connectivity index (χ0) is 9.26. The van der Waals surface area contributed by atoms with Gasteiger partial charge in [0.25, 0.3) is 0 Å². The predicted molar refractivity (Wildman–Crippen MR) is 57.9 cm³/mol. The Bertz CT molecular complexity index is 440. The van der Waals surface area contributed by atoms with Gasteiger partial charge in [0.15, 0.2) is 0 Å². The van der Waals surface area contributed by atoms with Gasteiger partial charge in [0.2, 0.25) is 0 Å². The molecule has 1 aromatic heterocycles. The highest BCUT2D eigenvalue weighted by atomic mass is 32.2. The summed E-state index contributed by atoms with van der Waals surface area (Å²) < 4.78 is 0. The van der Waals surface area contributed by atoms with Gasteiger partial charge in [-0.15, -0.1) is 11.8 Å². The molecule has 0 aliphatic rings. The molecule has 0 unspecified atom stereocenters. The molecule has 0 radical (unpaired) electrons. The largest absolute Gasteiger partial charge is 0.396 e. The van der Waals surface area contributed by atoms with Crippen LogP contribution < -0.4 is 5.73 Å². The highest BCUT2D eigenvalue weighted by molar-refractivity contribution is 7.98. The van der Waals surface area contributed by atoms with E-state index >= 15 is 0 Å². The van der Waals surface area contributed by atoms with Crippen LogP contribution in [0.2, 0.25) is 0 Å². The van der Waals surface area contributed by atoms with Gasteiger partial charge in [-0.25, -0.2) is 0 Å². The highest BCUT2D eigenvalue weighted by Gasteiger charge is 2.02. The van der Waals surface area contributed by atoms with Crippen molar-refractivity contribution >= 4 is 28.4 Å². The first-order chi connectivity index (χ1) is 6.33. The number of hydrogen-bond acceptors (Lipinski definition) is 3. The van der Waals surface area contributed by atoms with Crippen LogP contribution in [0.25, 0.3) is 10.9 Å². The second kappa shape index (κ2) is 3.26. The van der Waals surface area contributed by atoms with E-state index in [2.05, 4.69) is 4.98 Å². The predicted octanol–water partition coefficient (Wildman–Crippen LogP) is 2.54. The lowest BCUT2D eigenvalue weighted by Gasteiger charge is -2.04. The van der Waals surface area contributed by atoms with Crippen LogP contribution >= 0.6 is 11.8 Å². The Morgan fingerprint density at radius 3 is 2.92 bits per heavy atom. The van der Waals surface area contributed by atoms with Crippen LogP contribution in [0.4, 0.5) is 5.69 Å². The quantitative estimate of drug-likeness (QED) is 0.554. The van der Waals surface area contributed by atoms with E-state index in [4.69, 9.17) is 5.73 Å². The molecule has 3 heteroatoms.